The predicted octanol–water partition coefficient (Wildman–Crippen LogP) is 3.17. The number of aliphatic imine (C=N–C) groups is 1. The van der Waals surface area contributed by atoms with E-state index in [4.69, 9.17) is 10.5 Å². The summed E-state index contributed by atoms with van der Waals surface area (Å²) in [6.45, 7) is 3.64. The molecule has 1 aliphatic rings. The molecule has 1 atom stereocenters. The molecule has 0 amide bonds. The van der Waals surface area contributed by atoms with E-state index in [0.29, 0.717) is 12.5 Å². The lowest BCUT2D eigenvalue weighted by Crippen LogP contribution is -2.35. The molecule has 0 aromatic heterocycles. The van der Waals surface area contributed by atoms with E-state index >= 15 is 0 Å². The maximum absolute atomic E-state index is 5.92. The Kier molecular flexibility index (Phi) is 3.77. The van der Waals surface area contributed by atoms with Crippen molar-refractivity contribution in [2.24, 2.45) is 10.7 Å². The maximum atomic E-state index is 5.92. The van der Waals surface area contributed by atoms with Crippen LogP contribution in [0.1, 0.15) is 18.5 Å². The lowest BCUT2D eigenvalue weighted by molar-refractivity contribution is 0.363. The van der Waals surface area contributed by atoms with Crippen LogP contribution < -0.4 is 10.5 Å². The number of para-hydroxylation sites is 1. The predicted molar refractivity (Wildman–Crippen MR) is 84.6 cm³/mol. The van der Waals surface area contributed by atoms with E-state index in [2.05, 4.69) is 28.9 Å². The number of benzene rings is 2. The van der Waals surface area contributed by atoms with Crippen LogP contribution in [0.2, 0.25) is 0 Å². The summed E-state index contributed by atoms with van der Waals surface area (Å²) in [5.41, 5.74) is 7.10. The number of likely N-dealkylation sites (N-methyl/N-ethyl adjacent to an activating group) is 1. The molecule has 3 rings (SSSR count). The molecule has 2 N–H and O–H groups in total. The number of guanidine groups is 1. The molecule has 1 aliphatic heterocycles. The molecule has 0 radical (unpaired) electrons. The summed E-state index contributed by atoms with van der Waals surface area (Å²) in [7, 11) is 0. The second-order valence-corrected chi connectivity index (χ2v) is 4.99. The fourth-order valence-corrected chi connectivity index (χ4v) is 2.61. The minimum atomic E-state index is 0.203. The lowest BCUT2D eigenvalue weighted by atomic mass is 10.1. The highest BCUT2D eigenvalue weighted by molar-refractivity contribution is 5.80. The van der Waals surface area contributed by atoms with Gasteiger partial charge in [-0.05, 0) is 36.8 Å². The average molecular weight is 281 g/mol. The van der Waals surface area contributed by atoms with Crippen molar-refractivity contribution in [3.8, 4) is 11.5 Å². The molecule has 21 heavy (non-hydrogen) atoms. The minimum Gasteiger partial charge on any atom is -0.457 e. The number of hydrogen-bond donors (Lipinski definition) is 1. The van der Waals surface area contributed by atoms with E-state index in [-0.39, 0.29) is 6.04 Å². The van der Waals surface area contributed by atoms with Crippen molar-refractivity contribution in [1.29, 1.82) is 0 Å². The van der Waals surface area contributed by atoms with E-state index < -0.39 is 0 Å². The van der Waals surface area contributed by atoms with Crippen molar-refractivity contribution in [3.05, 3.63) is 60.2 Å². The van der Waals surface area contributed by atoms with Gasteiger partial charge in [0, 0.05) is 6.54 Å². The summed E-state index contributed by atoms with van der Waals surface area (Å²) in [6, 6.07) is 18.1. The van der Waals surface area contributed by atoms with Gasteiger partial charge in [0.15, 0.2) is 5.96 Å². The normalized spacial score (nSPS) is 17.7. The molecule has 1 heterocycles. The summed E-state index contributed by atoms with van der Waals surface area (Å²) >= 11 is 0. The van der Waals surface area contributed by atoms with Gasteiger partial charge < -0.3 is 15.4 Å². The second-order valence-electron chi connectivity index (χ2n) is 4.99. The highest BCUT2D eigenvalue weighted by Crippen LogP contribution is 2.29. The Hall–Kier alpha value is -2.49. The van der Waals surface area contributed by atoms with E-state index in [1.807, 2.05) is 42.5 Å². The van der Waals surface area contributed by atoms with Crippen LogP contribution in [-0.4, -0.2) is 23.9 Å². The monoisotopic (exact) mass is 281 g/mol. The largest absolute Gasteiger partial charge is 0.457 e. The first-order chi connectivity index (χ1) is 10.3. The molecule has 0 saturated carbocycles. The molecule has 1 unspecified atom stereocenters. The molecular formula is C17H19N3O. The van der Waals surface area contributed by atoms with Crippen molar-refractivity contribution in [2.45, 2.75) is 13.0 Å². The van der Waals surface area contributed by atoms with Gasteiger partial charge in [0.25, 0.3) is 0 Å². The topological polar surface area (TPSA) is 50.8 Å². The highest BCUT2D eigenvalue weighted by Gasteiger charge is 2.26. The van der Waals surface area contributed by atoms with Crippen molar-refractivity contribution in [1.82, 2.24) is 4.90 Å². The average Bonchev–Trinajstić information content (AvgIpc) is 2.89. The zero-order valence-electron chi connectivity index (χ0n) is 12.1. The Morgan fingerprint density at radius 3 is 2.67 bits per heavy atom. The van der Waals surface area contributed by atoms with Crippen LogP contribution in [0.15, 0.2) is 59.6 Å². The Balaban J connectivity index is 1.81. The Morgan fingerprint density at radius 1 is 1.14 bits per heavy atom. The van der Waals surface area contributed by atoms with Crippen LogP contribution in [0.5, 0.6) is 11.5 Å². The molecule has 4 heteroatoms. The van der Waals surface area contributed by atoms with Gasteiger partial charge in [-0.25, -0.2) is 0 Å². The van der Waals surface area contributed by atoms with Gasteiger partial charge in [0.1, 0.15) is 11.5 Å². The van der Waals surface area contributed by atoms with Gasteiger partial charge in [0.05, 0.1) is 12.6 Å². The van der Waals surface area contributed by atoms with E-state index in [0.717, 1.165) is 18.0 Å². The number of nitrogens with two attached hydrogens (primary N) is 1. The van der Waals surface area contributed by atoms with E-state index in [1.54, 1.807) is 0 Å². The zero-order valence-corrected chi connectivity index (χ0v) is 12.1. The second kappa shape index (κ2) is 5.87. The summed E-state index contributed by atoms with van der Waals surface area (Å²) in [4.78, 5) is 6.45. The molecule has 0 aliphatic carbocycles. The summed E-state index contributed by atoms with van der Waals surface area (Å²) in [5.74, 6) is 2.29. The Bertz CT molecular complexity index is 639. The molecule has 108 valence electrons. The van der Waals surface area contributed by atoms with Gasteiger partial charge in [0.2, 0.25) is 0 Å². The lowest BCUT2D eigenvalue weighted by Gasteiger charge is -2.25. The summed E-state index contributed by atoms with van der Waals surface area (Å²) in [5, 5.41) is 0. The zero-order chi connectivity index (χ0) is 14.7. The minimum absolute atomic E-state index is 0.203. The van der Waals surface area contributed by atoms with Gasteiger partial charge in [-0.2, -0.15) is 0 Å². The quantitative estimate of drug-likeness (QED) is 0.936. The molecule has 0 bridgehead atoms. The molecule has 2 aromatic rings. The third-order valence-corrected chi connectivity index (χ3v) is 3.66. The third kappa shape index (κ3) is 2.84. The van der Waals surface area contributed by atoms with Gasteiger partial charge in [-0.1, -0.05) is 30.3 Å². The maximum Gasteiger partial charge on any atom is 0.191 e. The van der Waals surface area contributed by atoms with Crippen molar-refractivity contribution in [3.63, 3.8) is 0 Å². The molecule has 0 saturated heterocycles. The number of rotatable bonds is 4. The standard InChI is InChI=1S/C17H19N3O/c1-2-20-16(12-19-17(20)18)13-7-6-10-15(11-13)21-14-8-4-3-5-9-14/h3-11,16H,2,12H2,1H3,(H2,18,19). The molecule has 0 spiro atoms. The SMILES string of the molecule is CCN1C(N)=NCC1c1cccc(Oc2ccccc2)c1. The van der Waals surface area contributed by atoms with Crippen LogP contribution in [0, 0.1) is 0 Å². The van der Waals surface area contributed by atoms with Crippen LogP contribution >= 0.6 is 0 Å². The van der Waals surface area contributed by atoms with E-state index in [1.165, 1.54) is 5.56 Å². The number of nitrogens with zero attached hydrogens (tertiary/aromatic N) is 2. The fraction of sp³-hybridized carbons (Fsp3) is 0.235. The van der Waals surface area contributed by atoms with Crippen molar-refractivity contribution >= 4 is 5.96 Å². The van der Waals surface area contributed by atoms with Gasteiger partial charge in [-0.3, -0.25) is 4.99 Å². The van der Waals surface area contributed by atoms with Gasteiger partial charge >= 0.3 is 0 Å². The Morgan fingerprint density at radius 2 is 1.90 bits per heavy atom. The highest BCUT2D eigenvalue weighted by atomic mass is 16.5. The molecular weight excluding hydrogens is 262 g/mol. The van der Waals surface area contributed by atoms with Crippen LogP contribution in [0.25, 0.3) is 0 Å². The van der Waals surface area contributed by atoms with Crippen LogP contribution in [0.4, 0.5) is 0 Å². The van der Waals surface area contributed by atoms with Crippen LogP contribution in [0.3, 0.4) is 0 Å². The Labute approximate surface area is 124 Å². The van der Waals surface area contributed by atoms with Crippen molar-refractivity contribution < 1.29 is 4.74 Å². The smallest absolute Gasteiger partial charge is 0.191 e. The fourth-order valence-electron chi connectivity index (χ4n) is 2.61. The number of ether oxygens (including phenoxy) is 1. The summed E-state index contributed by atoms with van der Waals surface area (Å²) in [6.07, 6.45) is 0. The van der Waals surface area contributed by atoms with E-state index in [9.17, 15) is 0 Å². The first-order valence-electron chi connectivity index (χ1n) is 7.17. The molecule has 2 aromatic carbocycles. The first kappa shape index (κ1) is 13.5. The van der Waals surface area contributed by atoms with Gasteiger partial charge in [-0.15, -0.1) is 0 Å². The van der Waals surface area contributed by atoms with Crippen molar-refractivity contribution in [2.75, 3.05) is 13.1 Å². The number of hydrogen-bond acceptors (Lipinski definition) is 4. The molecule has 0 fully saturated rings. The first-order valence-corrected chi connectivity index (χ1v) is 7.17. The molecule has 4 nitrogen and oxygen atoms in total. The summed E-state index contributed by atoms with van der Waals surface area (Å²) < 4.78 is 5.89. The third-order valence-electron chi connectivity index (χ3n) is 3.66. The van der Waals surface area contributed by atoms with Crippen LogP contribution in [-0.2, 0) is 0 Å².